The van der Waals surface area contributed by atoms with Gasteiger partial charge >= 0.3 is 11.9 Å². The predicted octanol–water partition coefficient (Wildman–Crippen LogP) is 18.8. The van der Waals surface area contributed by atoms with E-state index in [1.165, 1.54) is 44.9 Å². The summed E-state index contributed by atoms with van der Waals surface area (Å²) < 4.78 is 34.1. The van der Waals surface area contributed by atoms with Gasteiger partial charge in [0.1, 0.15) is 19.8 Å². The first kappa shape index (κ1) is 73.9. The van der Waals surface area contributed by atoms with Gasteiger partial charge in [-0.05, 0) is 116 Å². The molecule has 10 heteroatoms. The molecule has 0 aliphatic rings. The average Bonchev–Trinajstić information content (AvgIpc) is 3.41. The fraction of sp³-hybridized carbons (Fsp3) is 0.618. The molecule has 2 atom stereocenters. The fourth-order valence-electron chi connectivity index (χ4n) is 7.72. The number of phosphoric ester groups is 1. The summed E-state index contributed by atoms with van der Waals surface area (Å²) in [6.07, 6.45) is 84.8. The molecule has 0 spiro atoms. The second-order valence-corrected chi connectivity index (χ2v) is 22.4. The normalized spacial score (nSPS) is 14.3. The molecule has 442 valence electrons. The Kier molecular flexibility index (Phi) is 54.5. The third-order valence-corrected chi connectivity index (χ3v) is 13.3. The summed E-state index contributed by atoms with van der Waals surface area (Å²) in [5.74, 6) is -0.866. The molecular weight excluding hydrogens is 990 g/mol. The summed E-state index contributed by atoms with van der Waals surface area (Å²) >= 11 is 0. The Balaban J connectivity index is 4.10. The Hall–Kier alpha value is -4.11. The van der Waals surface area contributed by atoms with E-state index in [1.807, 2.05) is 21.1 Å². The van der Waals surface area contributed by atoms with Crippen LogP contribution in [0.2, 0.25) is 0 Å². The molecule has 78 heavy (non-hydrogen) atoms. The van der Waals surface area contributed by atoms with Gasteiger partial charge in [0.05, 0.1) is 27.7 Å². The third kappa shape index (κ3) is 61.1. The highest BCUT2D eigenvalue weighted by atomic mass is 31.2. The summed E-state index contributed by atoms with van der Waals surface area (Å²) in [7, 11) is 1.13. The minimum atomic E-state index is -4.65. The van der Waals surface area contributed by atoms with Crippen molar-refractivity contribution in [1.29, 1.82) is 0 Å². The van der Waals surface area contributed by atoms with Gasteiger partial charge in [-0.25, -0.2) is 0 Å². The molecule has 0 aliphatic heterocycles. The molecule has 0 saturated carbocycles. The van der Waals surface area contributed by atoms with Crippen LogP contribution >= 0.6 is 7.82 Å². The number of likely N-dealkylation sites (N-methyl/N-ethyl adjacent to an activating group) is 1. The van der Waals surface area contributed by atoms with E-state index in [1.54, 1.807) is 0 Å². The summed E-state index contributed by atoms with van der Waals surface area (Å²) in [4.78, 5) is 37.8. The minimum Gasteiger partial charge on any atom is -0.756 e. The van der Waals surface area contributed by atoms with Gasteiger partial charge in [0, 0.05) is 12.8 Å². The average molecular weight is 1100 g/mol. The van der Waals surface area contributed by atoms with Gasteiger partial charge in [-0.1, -0.05) is 237 Å². The smallest absolute Gasteiger partial charge is 0.306 e. The van der Waals surface area contributed by atoms with Crippen LogP contribution in [-0.2, 0) is 32.7 Å². The maximum absolute atomic E-state index is 12.8. The zero-order chi connectivity index (χ0) is 57.0. The SMILES string of the molecule is CC/C=C\C/C=C\C/C=C\C/C=C\C/C=C\C/C=C\C/C=C\C/C=C\C/C=C\CCCCCCCCCCCCCC(=O)OC(COC(=O)CCCCCCC/C=C\C/C=C\C/C=C\CC)COP(=O)([O-])OCC[N+](C)(C)C. The fourth-order valence-corrected chi connectivity index (χ4v) is 8.45. The number of ether oxygens (including phenoxy) is 2. The largest absolute Gasteiger partial charge is 0.756 e. The first-order chi connectivity index (χ1) is 38.0. The van der Waals surface area contributed by atoms with Crippen LogP contribution in [0, 0.1) is 0 Å². The van der Waals surface area contributed by atoms with Gasteiger partial charge in [0.2, 0.25) is 0 Å². The molecule has 0 heterocycles. The van der Waals surface area contributed by atoms with Crippen LogP contribution in [0.25, 0.3) is 0 Å². The number of unbranched alkanes of at least 4 members (excludes halogenated alkanes) is 16. The molecule has 0 fully saturated rings. The number of rotatable bonds is 54. The van der Waals surface area contributed by atoms with Crippen LogP contribution in [0.3, 0.4) is 0 Å². The third-order valence-electron chi connectivity index (χ3n) is 12.4. The van der Waals surface area contributed by atoms with Gasteiger partial charge in [0.15, 0.2) is 6.10 Å². The summed E-state index contributed by atoms with van der Waals surface area (Å²) in [6, 6.07) is 0. The first-order valence-corrected chi connectivity index (χ1v) is 32.0. The lowest BCUT2D eigenvalue weighted by atomic mass is 10.0. The number of hydrogen-bond donors (Lipinski definition) is 0. The number of carbonyl (C=O) groups is 2. The molecule has 9 nitrogen and oxygen atoms in total. The topological polar surface area (TPSA) is 111 Å². The number of quaternary nitrogens is 1. The van der Waals surface area contributed by atoms with Crippen molar-refractivity contribution in [2.75, 3.05) is 47.5 Å². The number of esters is 2. The molecule has 0 N–H and O–H groups in total. The lowest BCUT2D eigenvalue weighted by Crippen LogP contribution is -2.37. The summed E-state index contributed by atoms with van der Waals surface area (Å²) in [6.45, 7) is 3.97. The van der Waals surface area contributed by atoms with E-state index in [-0.39, 0.29) is 26.1 Å². The molecule has 0 aliphatic carbocycles. The molecule has 2 unspecified atom stereocenters. The molecule has 0 amide bonds. The van der Waals surface area contributed by atoms with E-state index in [0.717, 1.165) is 135 Å². The van der Waals surface area contributed by atoms with Crippen molar-refractivity contribution in [3.05, 3.63) is 146 Å². The van der Waals surface area contributed by atoms with Crippen molar-refractivity contribution in [3.8, 4) is 0 Å². The summed E-state index contributed by atoms with van der Waals surface area (Å²) in [5, 5.41) is 0. The van der Waals surface area contributed by atoms with Crippen molar-refractivity contribution in [2.24, 2.45) is 0 Å². The number of hydrogen-bond acceptors (Lipinski definition) is 8. The number of carbonyl (C=O) groups excluding carboxylic acids is 2. The van der Waals surface area contributed by atoms with E-state index < -0.39 is 32.5 Å². The van der Waals surface area contributed by atoms with Crippen LogP contribution in [0.5, 0.6) is 0 Å². The van der Waals surface area contributed by atoms with Crippen LogP contribution in [0.1, 0.15) is 219 Å². The lowest BCUT2D eigenvalue weighted by Gasteiger charge is -2.28. The van der Waals surface area contributed by atoms with E-state index in [2.05, 4.69) is 160 Å². The highest BCUT2D eigenvalue weighted by Gasteiger charge is 2.22. The van der Waals surface area contributed by atoms with E-state index in [9.17, 15) is 19.0 Å². The van der Waals surface area contributed by atoms with Crippen LogP contribution in [0.15, 0.2) is 146 Å². The molecule has 0 rings (SSSR count). The first-order valence-electron chi connectivity index (χ1n) is 30.5. The lowest BCUT2D eigenvalue weighted by molar-refractivity contribution is -0.870. The van der Waals surface area contributed by atoms with Gasteiger partial charge in [-0.15, -0.1) is 0 Å². The monoisotopic (exact) mass is 1100 g/mol. The molecule has 0 radical (unpaired) electrons. The van der Waals surface area contributed by atoms with Crippen molar-refractivity contribution in [3.63, 3.8) is 0 Å². The van der Waals surface area contributed by atoms with Gasteiger partial charge < -0.3 is 27.9 Å². The highest BCUT2D eigenvalue weighted by molar-refractivity contribution is 7.45. The standard InChI is InChI=1S/C68H112NO8P/c1-6-8-10-12-14-16-18-20-22-23-24-25-26-27-28-29-30-31-32-33-34-35-36-37-38-39-40-41-42-43-44-45-47-49-51-53-55-57-59-61-68(71)77-66(65-76-78(72,73)75-63-62-69(3,4)5)64-74-67(70)60-58-56-54-52-50-48-46-21-19-17-15-13-11-9-7-2/h8-11,14-17,20-22,24-25,27-28,30-31,33-34,36-37,39-40,46,66H,6-7,12-13,18-19,23,26,29,32,35,38,41-45,47-65H2,1-5H3/b10-8-,11-9-,16-14-,17-15-,22-20-,25-24-,28-27-,31-30-,34-33-,37-36-,40-39-,46-21-. The minimum absolute atomic E-state index is 0.0414. The molecular formula is C68H112NO8P. The van der Waals surface area contributed by atoms with E-state index in [4.69, 9.17) is 18.5 Å². The Morgan fingerprint density at radius 3 is 1.03 bits per heavy atom. The second-order valence-electron chi connectivity index (χ2n) is 20.9. The maximum atomic E-state index is 12.8. The predicted molar refractivity (Wildman–Crippen MR) is 332 cm³/mol. The van der Waals surface area contributed by atoms with Crippen molar-refractivity contribution in [2.45, 2.75) is 225 Å². The van der Waals surface area contributed by atoms with E-state index >= 15 is 0 Å². The van der Waals surface area contributed by atoms with Gasteiger partial charge in [-0.2, -0.15) is 0 Å². The molecule has 0 aromatic rings. The van der Waals surface area contributed by atoms with Crippen LogP contribution in [-0.4, -0.2) is 70.0 Å². The van der Waals surface area contributed by atoms with Gasteiger partial charge in [0.25, 0.3) is 7.82 Å². The van der Waals surface area contributed by atoms with Crippen LogP contribution in [0.4, 0.5) is 0 Å². The Morgan fingerprint density at radius 2 is 0.692 bits per heavy atom. The molecule has 0 aromatic carbocycles. The number of allylic oxidation sites excluding steroid dienone is 24. The molecule has 0 saturated heterocycles. The highest BCUT2D eigenvalue weighted by Crippen LogP contribution is 2.38. The maximum Gasteiger partial charge on any atom is 0.306 e. The Bertz CT molecular complexity index is 1820. The van der Waals surface area contributed by atoms with Crippen molar-refractivity contribution in [1.82, 2.24) is 0 Å². The summed E-state index contributed by atoms with van der Waals surface area (Å²) in [5.41, 5.74) is 0. The zero-order valence-corrected chi connectivity index (χ0v) is 50.9. The number of nitrogens with zero attached hydrogens (tertiary/aromatic N) is 1. The van der Waals surface area contributed by atoms with Crippen LogP contribution < -0.4 is 4.89 Å². The molecule has 0 aromatic heterocycles. The van der Waals surface area contributed by atoms with E-state index in [0.29, 0.717) is 23.9 Å². The zero-order valence-electron chi connectivity index (χ0n) is 50.1. The Labute approximate surface area is 478 Å². The Morgan fingerprint density at radius 1 is 0.397 bits per heavy atom. The van der Waals surface area contributed by atoms with Gasteiger partial charge in [-0.3, -0.25) is 14.2 Å². The second kappa shape index (κ2) is 57.6. The molecule has 0 bridgehead atoms. The van der Waals surface area contributed by atoms with Crippen molar-refractivity contribution >= 4 is 19.8 Å². The quantitative estimate of drug-likeness (QED) is 0.0195. The van der Waals surface area contributed by atoms with Crippen molar-refractivity contribution < 1.29 is 42.1 Å². The number of phosphoric acid groups is 1.